The summed E-state index contributed by atoms with van der Waals surface area (Å²) in [6.07, 6.45) is 0.362. The smallest absolute Gasteiger partial charge is 0.268 e. The number of carbonyl (C=O) groups excluding carboxylic acids is 1. The van der Waals surface area contributed by atoms with Gasteiger partial charge in [0, 0.05) is 24.4 Å². The molecule has 5 nitrogen and oxygen atoms in total. The van der Waals surface area contributed by atoms with Gasteiger partial charge in [-0.05, 0) is 22.8 Å². The molecule has 3 aromatic rings. The number of piperidine rings is 1. The Balaban J connectivity index is 1.53. The van der Waals surface area contributed by atoms with Gasteiger partial charge in [0.15, 0.2) is 5.13 Å². The Morgan fingerprint density at radius 1 is 1.24 bits per heavy atom. The highest BCUT2D eigenvalue weighted by Crippen LogP contribution is 2.33. The first-order valence-corrected chi connectivity index (χ1v) is 9.17. The lowest BCUT2D eigenvalue weighted by atomic mass is 9.86. The number of benzene rings is 2. The van der Waals surface area contributed by atoms with Crippen molar-refractivity contribution >= 4 is 33.1 Å². The minimum absolute atomic E-state index is 0.108. The monoisotopic (exact) mass is 353 g/mol. The van der Waals surface area contributed by atoms with Crippen molar-refractivity contribution in [2.45, 2.75) is 18.4 Å². The number of aliphatic hydroxyl groups excluding tert-OH is 1. The van der Waals surface area contributed by atoms with Gasteiger partial charge in [-0.15, -0.1) is 11.3 Å². The van der Waals surface area contributed by atoms with Crippen molar-refractivity contribution in [1.82, 2.24) is 4.98 Å². The van der Waals surface area contributed by atoms with Gasteiger partial charge in [-0.1, -0.05) is 42.5 Å². The van der Waals surface area contributed by atoms with E-state index < -0.39 is 12.0 Å². The molecule has 0 bridgehead atoms. The number of hydrogen-bond donors (Lipinski definition) is 2. The summed E-state index contributed by atoms with van der Waals surface area (Å²) in [6, 6.07) is 14.7. The van der Waals surface area contributed by atoms with Crippen LogP contribution in [0.4, 0.5) is 5.13 Å². The van der Waals surface area contributed by atoms with E-state index in [1.54, 1.807) is 5.38 Å². The number of aromatic nitrogens is 1. The highest BCUT2D eigenvalue weighted by molar-refractivity contribution is 7.13. The fraction of sp³-hybridized carbons (Fsp3) is 0.263. The standard InChI is InChI=1S/C19H19N3O2S/c20-18(24)16-11-25-19(21-16)22-8-7-15(17(23)10-22)14-6-5-12-3-1-2-4-13(12)9-14/h1-6,9,11,15,17,23H,7-8,10H2,(H2,20,24)/t15-,17+/m0/s1. The van der Waals surface area contributed by atoms with Crippen LogP contribution >= 0.6 is 11.3 Å². The molecule has 2 heterocycles. The zero-order valence-corrected chi connectivity index (χ0v) is 14.4. The summed E-state index contributed by atoms with van der Waals surface area (Å²) < 4.78 is 0. The van der Waals surface area contributed by atoms with E-state index in [-0.39, 0.29) is 11.6 Å². The predicted molar refractivity (Wildman–Crippen MR) is 100 cm³/mol. The van der Waals surface area contributed by atoms with Crippen LogP contribution in [0.5, 0.6) is 0 Å². The third kappa shape index (κ3) is 3.10. The number of carbonyl (C=O) groups is 1. The molecule has 1 aromatic heterocycles. The van der Waals surface area contributed by atoms with Gasteiger partial charge in [0.25, 0.3) is 5.91 Å². The van der Waals surface area contributed by atoms with E-state index in [1.807, 2.05) is 17.0 Å². The molecule has 1 saturated heterocycles. The molecule has 1 amide bonds. The molecule has 0 spiro atoms. The molecule has 0 radical (unpaired) electrons. The number of fused-ring (bicyclic) bond motifs is 1. The molecule has 128 valence electrons. The average molecular weight is 353 g/mol. The van der Waals surface area contributed by atoms with Crippen molar-refractivity contribution in [2.24, 2.45) is 5.73 Å². The highest BCUT2D eigenvalue weighted by Gasteiger charge is 2.30. The Kier molecular flexibility index (Phi) is 4.15. The summed E-state index contributed by atoms with van der Waals surface area (Å²) in [5, 5.41) is 15.5. The molecule has 0 unspecified atom stereocenters. The van der Waals surface area contributed by atoms with Crippen LogP contribution in [0, 0.1) is 0 Å². The molecular formula is C19H19N3O2S. The highest BCUT2D eigenvalue weighted by atomic mass is 32.1. The average Bonchev–Trinajstić information content (AvgIpc) is 3.12. The second kappa shape index (κ2) is 6.46. The molecule has 1 aliphatic heterocycles. The van der Waals surface area contributed by atoms with Crippen LogP contribution in [0.3, 0.4) is 0 Å². The van der Waals surface area contributed by atoms with Crippen LogP contribution in [-0.2, 0) is 0 Å². The molecule has 4 rings (SSSR count). The Morgan fingerprint density at radius 2 is 2.04 bits per heavy atom. The first kappa shape index (κ1) is 16.1. The van der Waals surface area contributed by atoms with Gasteiger partial charge < -0.3 is 15.7 Å². The Labute approximate surface area is 149 Å². The maximum Gasteiger partial charge on any atom is 0.268 e. The van der Waals surface area contributed by atoms with Crippen LogP contribution in [0.25, 0.3) is 10.8 Å². The summed E-state index contributed by atoms with van der Waals surface area (Å²) in [5.41, 5.74) is 6.72. The van der Waals surface area contributed by atoms with Gasteiger partial charge >= 0.3 is 0 Å². The van der Waals surface area contributed by atoms with Crippen molar-refractivity contribution < 1.29 is 9.90 Å². The van der Waals surface area contributed by atoms with Crippen molar-refractivity contribution in [3.05, 3.63) is 59.1 Å². The molecule has 0 saturated carbocycles. The van der Waals surface area contributed by atoms with Crippen LogP contribution in [0.2, 0.25) is 0 Å². The lowest BCUT2D eigenvalue weighted by Gasteiger charge is -2.36. The number of rotatable bonds is 3. The number of thiazole rings is 1. The van der Waals surface area contributed by atoms with E-state index in [0.717, 1.165) is 18.1 Å². The third-order valence-electron chi connectivity index (χ3n) is 4.80. The fourth-order valence-electron chi connectivity index (χ4n) is 3.46. The van der Waals surface area contributed by atoms with Crippen LogP contribution in [0.15, 0.2) is 47.8 Å². The van der Waals surface area contributed by atoms with Crippen LogP contribution < -0.4 is 10.6 Å². The van der Waals surface area contributed by atoms with Crippen molar-refractivity contribution in [3.8, 4) is 0 Å². The van der Waals surface area contributed by atoms with Gasteiger partial charge in [-0.2, -0.15) is 0 Å². The Bertz CT molecular complexity index is 924. The molecule has 0 aliphatic carbocycles. The molecule has 1 aliphatic rings. The zero-order valence-electron chi connectivity index (χ0n) is 13.6. The fourth-order valence-corrected chi connectivity index (χ4v) is 4.31. The minimum atomic E-state index is -0.519. The van der Waals surface area contributed by atoms with Gasteiger partial charge in [0.1, 0.15) is 5.69 Å². The Hall–Kier alpha value is -2.44. The topological polar surface area (TPSA) is 79.5 Å². The number of hydrogen-bond acceptors (Lipinski definition) is 5. The van der Waals surface area contributed by atoms with E-state index >= 15 is 0 Å². The van der Waals surface area contributed by atoms with Gasteiger partial charge in [0.2, 0.25) is 0 Å². The second-order valence-corrected chi connectivity index (χ2v) is 7.23. The van der Waals surface area contributed by atoms with Gasteiger partial charge in [-0.25, -0.2) is 4.98 Å². The summed E-state index contributed by atoms with van der Waals surface area (Å²) in [5.74, 6) is -0.412. The minimum Gasteiger partial charge on any atom is -0.391 e. The van der Waals surface area contributed by atoms with E-state index in [0.29, 0.717) is 6.54 Å². The van der Waals surface area contributed by atoms with Crippen molar-refractivity contribution in [1.29, 1.82) is 0 Å². The lowest BCUT2D eigenvalue weighted by molar-refractivity contribution is 0.0996. The van der Waals surface area contributed by atoms with E-state index in [9.17, 15) is 9.90 Å². The normalized spacial score (nSPS) is 20.8. The number of nitrogens with two attached hydrogens (primary N) is 1. The molecule has 1 fully saturated rings. The maximum absolute atomic E-state index is 11.2. The first-order chi connectivity index (χ1) is 12.1. The Morgan fingerprint density at radius 3 is 2.76 bits per heavy atom. The first-order valence-electron chi connectivity index (χ1n) is 8.29. The van der Waals surface area contributed by atoms with Gasteiger partial charge in [-0.3, -0.25) is 4.79 Å². The number of aliphatic hydroxyl groups is 1. The summed E-state index contributed by atoms with van der Waals surface area (Å²) in [4.78, 5) is 17.5. The summed E-state index contributed by atoms with van der Waals surface area (Å²) in [7, 11) is 0. The van der Waals surface area contributed by atoms with Crippen LogP contribution in [0.1, 0.15) is 28.4 Å². The predicted octanol–water partition coefficient (Wildman–Crippen LogP) is 2.75. The van der Waals surface area contributed by atoms with E-state index in [1.165, 1.54) is 27.7 Å². The second-order valence-electron chi connectivity index (χ2n) is 6.39. The number of β-amino-alcohol motifs (C(OH)–C–C–N with tert-alkyl or cyclic N) is 1. The molecule has 3 N–H and O–H groups in total. The van der Waals surface area contributed by atoms with Gasteiger partial charge in [0.05, 0.1) is 6.10 Å². The molecule has 2 aromatic carbocycles. The largest absolute Gasteiger partial charge is 0.391 e. The maximum atomic E-state index is 11.2. The summed E-state index contributed by atoms with van der Waals surface area (Å²) >= 11 is 1.39. The van der Waals surface area contributed by atoms with E-state index in [2.05, 4.69) is 35.3 Å². The number of primary amides is 1. The number of anilines is 1. The lowest BCUT2D eigenvalue weighted by Crippen LogP contribution is -2.42. The molecule has 2 atom stereocenters. The zero-order chi connectivity index (χ0) is 17.4. The van der Waals surface area contributed by atoms with E-state index in [4.69, 9.17) is 5.73 Å². The number of nitrogens with zero attached hydrogens (tertiary/aromatic N) is 2. The number of amides is 1. The molecular weight excluding hydrogens is 334 g/mol. The molecule has 6 heteroatoms. The third-order valence-corrected chi connectivity index (χ3v) is 5.70. The SMILES string of the molecule is NC(=O)c1csc(N2CC[C@@H](c3ccc4ccccc4c3)[C@H](O)C2)n1. The summed E-state index contributed by atoms with van der Waals surface area (Å²) in [6.45, 7) is 1.30. The van der Waals surface area contributed by atoms with Crippen LogP contribution in [-0.4, -0.2) is 35.2 Å². The van der Waals surface area contributed by atoms with Crippen molar-refractivity contribution in [3.63, 3.8) is 0 Å². The quantitative estimate of drug-likeness (QED) is 0.759. The van der Waals surface area contributed by atoms with Crippen molar-refractivity contribution in [2.75, 3.05) is 18.0 Å². The molecule has 25 heavy (non-hydrogen) atoms.